The number of alkyl halides is 3. The molecule has 0 bridgehead atoms. The minimum atomic E-state index is -5.56. The molecule has 0 rings (SSSR count). The Hall–Kier alpha value is -1.72. The zero-order valence-electron chi connectivity index (χ0n) is 9.42. The highest BCUT2D eigenvalue weighted by molar-refractivity contribution is 4.98. The average molecular weight is 262 g/mol. The van der Waals surface area contributed by atoms with Gasteiger partial charge >= 0.3 is 12.3 Å². The molecule has 0 radical (unpaired) electrons. The fourth-order valence-corrected chi connectivity index (χ4v) is 0.107. The van der Waals surface area contributed by atoms with Crippen LogP contribution in [-0.2, 0) is 0 Å². The Morgan fingerprint density at radius 2 is 0.765 bits per heavy atom. The summed E-state index contributed by atoms with van der Waals surface area (Å²) >= 11 is 0. The summed E-state index contributed by atoms with van der Waals surface area (Å²) in [7, 11) is 0. The first-order valence-electron chi connectivity index (χ1n) is 3.63. The monoisotopic (exact) mass is 262 g/mol. The summed E-state index contributed by atoms with van der Waals surface area (Å²) in [6.45, 7) is 24.0. The predicted molar refractivity (Wildman–Crippen MR) is 61.4 cm³/mol. The second kappa shape index (κ2) is 23.8. The molecule has 0 nitrogen and oxygen atoms in total. The van der Waals surface area contributed by atoms with E-state index in [9.17, 15) is 26.3 Å². The molecule has 0 aliphatic heterocycles. The minimum absolute atomic E-state index is 3.00. The predicted octanol–water partition coefficient (Wildman–Crippen LogP) is 5.84. The van der Waals surface area contributed by atoms with Crippen LogP contribution in [0.25, 0.3) is 0 Å². The van der Waals surface area contributed by atoms with E-state index in [2.05, 4.69) is 52.6 Å². The molecule has 0 aromatic carbocycles. The lowest BCUT2D eigenvalue weighted by Gasteiger charge is -1.98. The van der Waals surface area contributed by atoms with Crippen LogP contribution in [0.15, 0.2) is 64.5 Å². The summed E-state index contributed by atoms with van der Waals surface area (Å²) in [5.74, 6) is -3.33. The van der Waals surface area contributed by atoms with E-state index in [0.29, 0.717) is 0 Å². The molecule has 0 aromatic rings. The van der Waals surface area contributed by atoms with E-state index >= 15 is 0 Å². The zero-order chi connectivity index (χ0) is 15.7. The Balaban J connectivity index is -0.0000000507. The SMILES string of the molecule is C=C.C=C.C=C.C=C.FC(F)=C(F)C(F)(F)F. The van der Waals surface area contributed by atoms with Crippen molar-refractivity contribution in [3.05, 3.63) is 64.5 Å². The van der Waals surface area contributed by atoms with Crippen LogP contribution in [0.3, 0.4) is 0 Å². The Kier molecular flexibility index (Phi) is 41.3. The van der Waals surface area contributed by atoms with Gasteiger partial charge in [0.25, 0.3) is 5.83 Å². The van der Waals surface area contributed by atoms with E-state index in [-0.39, 0.29) is 0 Å². The van der Waals surface area contributed by atoms with Gasteiger partial charge in [0, 0.05) is 0 Å². The maximum atomic E-state index is 11.0. The number of rotatable bonds is 0. The van der Waals surface area contributed by atoms with Gasteiger partial charge in [0.1, 0.15) is 0 Å². The lowest BCUT2D eigenvalue weighted by molar-refractivity contribution is -0.113. The molecule has 0 heterocycles. The molecule has 6 heteroatoms. The van der Waals surface area contributed by atoms with Crippen LogP contribution in [0, 0.1) is 0 Å². The van der Waals surface area contributed by atoms with Gasteiger partial charge in [0.05, 0.1) is 0 Å². The number of hydrogen-bond donors (Lipinski definition) is 0. The molecule has 0 unspecified atom stereocenters. The van der Waals surface area contributed by atoms with Crippen molar-refractivity contribution in [2.24, 2.45) is 0 Å². The molecule has 0 N–H and O–H groups in total. The molecule has 102 valence electrons. The molecule has 0 amide bonds. The summed E-state index contributed by atoms with van der Waals surface area (Å²) in [5.41, 5.74) is 0. The van der Waals surface area contributed by atoms with E-state index in [1.165, 1.54) is 0 Å². The van der Waals surface area contributed by atoms with Crippen molar-refractivity contribution in [1.82, 2.24) is 0 Å². The van der Waals surface area contributed by atoms with Crippen molar-refractivity contribution in [2.75, 3.05) is 0 Å². The van der Waals surface area contributed by atoms with Gasteiger partial charge in [-0.15, -0.1) is 52.6 Å². The Bertz CT molecular complexity index is 171. The van der Waals surface area contributed by atoms with Crippen LogP contribution in [-0.4, -0.2) is 6.18 Å². The summed E-state index contributed by atoms with van der Waals surface area (Å²) in [6, 6.07) is 0. The maximum Gasteiger partial charge on any atom is 0.448 e. The summed E-state index contributed by atoms with van der Waals surface area (Å²) in [5, 5.41) is 0. The highest BCUT2D eigenvalue weighted by Crippen LogP contribution is 2.29. The third-order valence-electron chi connectivity index (χ3n) is 0.415. The van der Waals surface area contributed by atoms with E-state index in [4.69, 9.17) is 0 Å². The summed E-state index contributed by atoms with van der Waals surface area (Å²) < 4.78 is 64.8. The van der Waals surface area contributed by atoms with Gasteiger partial charge < -0.3 is 0 Å². The lowest BCUT2D eigenvalue weighted by Crippen LogP contribution is -2.08. The molecule has 0 atom stereocenters. The van der Waals surface area contributed by atoms with Crippen molar-refractivity contribution in [2.45, 2.75) is 6.18 Å². The van der Waals surface area contributed by atoms with E-state index in [1.807, 2.05) is 0 Å². The summed E-state index contributed by atoms with van der Waals surface area (Å²) in [6.07, 6.45) is -8.90. The van der Waals surface area contributed by atoms with Crippen molar-refractivity contribution < 1.29 is 26.3 Å². The molecule has 0 aromatic heterocycles. The molecule has 0 aliphatic rings. The quantitative estimate of drug-likeness (QED) is 0.380. The van der Waals surface area contributed by atoms with E-state index < -0.39 is 18.1 Å². The van der Waals surface area contributed by atoms with Crippen molar-refractivity contribution in [3.8, 4) is 0 Å². The van der Waals surface area contributed by atoms with Gasteiger partial charge in [-0.3, -0.25) is 0 Å². The molecule has 0 spiro atoms. The van der Waals surface area contributed by atoms with Gasteiger partial charge in [-0.2, -0.15) is 26.3 Å². The molecule has 0 fully saturated rings. The zero-order valence-corrected chi connectivity index (χ0v) is 9.42. The van der Waals surface area contributed by atoms with Crippen LogP contribution in [0.5, 0.6) is 0 Å². The van der Waals surface area contributed by atoms with Crippen molar-refractivity contribution >= 4 is 0 Å². The maximum absolute atomic E-state index is 11.0. The Morgan fingerprint density at radius 1 is 0.588 bits per heavy atom. The topological polar surface area (TPSA) is 0 Å². The number of allylic oxidation sites excluding steroid dienone is 1. The average Bonchev–Trinajstić information content (AvgIpc) is 2.37. The standard InChI is InChI=1S/C3F6.4C2H4/c4-1(2(5)6)3(7,8)9;4*1-2/h;4*1-2H2. The van der Waals surface area contributed by atoms with Crippen molar-refractivity contribution in [3.63, 3.8) is 0 Å². The van der Waals surface area contributed by atoms with Gasteiger partial charge in [-0.25, -0.2) is 0 Å². The third-order valence-corrected chi connectivity index (χ3v) is 0.415. The largest absolute Gasteiger partial charge is 0.448 e. The fourth-order valence-electron chi connectivity index (χ4n) is 0.107. The van der Waals surface area contributed by atoms with Gasteiger partial charge in [-0.1, -0.05) is 0 Å². The molecule has 0 saturated heterocycles. The molecule has 17 heavy (non-hydrogen) atoms. The first-order chi connectivity index (χ1) is 7.85. The first kappa shape index (κ1) is 29.5. The highest BCUT2D eigenvalue weighted by Gasteiger charge is 2.38. The molecule has 0 saturated carbocycles. The number of halogens is 6. The Labute approximate surface area is 98.0 Å². The smallest absolute Gasteiger partial charge is 0.196 e. The van der Waals surface area contributed by atoms with Gasteiger partial charge in [0.15, 0.2) is 0 Å². The molecule has 0 aliphatic carbocycles. The molecular weight excluding hydrogens is 246 g/mol. The second-order valence-electron chi connectivity index (χ2n) is 1.07. The van der Waals surface area contributed by atoms with Gasteiger partial charge in [-0.05, 0) is 0 Å². The van der Waals surface area contributed by atoms with Crippen LogP contribution in [0.1, 0.15) is 0 Å². The third kappa shape index (κ3) is 31.4. The first-order valence-corrected chi connectivity index (χ1v) is 3.63. The summed E-state index contributed by atoms with van der Waals surface area (Å²) in [4.78, 5) is 0. The van der Waals surface area contributed by atoms with Crippen LogP contribution in [0.4, 0.5) is 26.3 Å². The second-order valence-corrected chi connectivity index (χ2v) is 1.07. The Morgan fingerprint density at radius 3 is 0.765 bits per heavy atom. The fraction of sp³-hybridized carbons (Fsp3) is 0.0909. The van der Waals surface area contributed by atoms with E-state index in [0.717, 1.165) is 0 Å². The van der Waals surface area contributed by atoms with Crippen LogP contribution >= 0.6 is 0 Å². The van der Waals surface area contributed by atoms with Crippen molar-refractivity contribution in [1.29, 1.82) is 0 Å². The van der Waals surface area contributed by atoms with Crippen LogP contribution < -0.4 is 0 Å². The lowest BCUT2D eigenvalue weighted by atomic mass is 10.6. The highest BCUT2D eigenvalue weighted by atomic mass is 19.4. The minimum Gasteiger partial charge on any atom is -0.196 e. The number of hydrogen-bond acceptors (Lipinski definition) is 0. The van der Waals surface area contributed by atoms with E-state index in [1.54, 1.807) is 0 Å². The van der Waals surface area contributed by atoms with Crippen LogP contribution in [0.2, 0.25) is 0 Å². The van der Waals surface area contributed by atoms with Gasteiger partial charge in [0.2, 0.25) is 0 Å². The molecular formula is C11H16F6. The normalized spacial score (nSPS) is 6.94.